The Labute approximate surface area is 234 Å². The third-order valence-corrected chi connectivity index (χ3v) is 6.81. The molecule has 0 aliphatic carbocycles. The molecular formula is C27H22F6N4O3S. The lowest BCUT2D eigenvalue weighted by Gasteiger charge is -2.14. The van der Waals surface area contributed by atoms with Crippen molar-refractivity contribution in [2.45, 2.75) is 29.8 Å². The minimum absolute atomic E-state index is 0.0268. The highest BCUT2D eigenvalue weighted by Crippen LogP contribution is 2.34. The van der Waals surface area contributed by atoms with E-state index >= 15 is 0 Å². The van der Waals surface area contributed by atoms with Crippen LogP contribution in [0.1, 0.15) is 32.9 Å². The van der Waals surface area contributed by atoms with E-state index in [2.05, 4.69) is 15.5 Å². The molecule has 41 heavy (non-hydrogen) atoms. The van der Waals surface area contributed by atoms with Crippen molar-refractivity contribution in [3.8, 4) is 17.2 Å². The van der Waals surface area contributed by atoms with Crippen LogP contribution in [0, 0.1) is 0 Å². The van der Waals surface area contributed by atoms with Crippen LogP contribution in [-0.2, 0) is 24.7 Å². The third kappa shape index (κ3) is 7.12. The van der Waals surface area contributed by atoms with Gasteiger partial charge in [-0.25, -0.2) is 0 Å². The molecule has 0 spiro atoms. The predicted octanol–water partition coefficient (Wildman–Crippen LogP) is 6.54. The molecule has 0 atom stereocenters. The number of nitrogens with zero attached hydrogens (tertiary/aromatic N) is 3. The Hall–Kier alpha value is -4.20. The molecular weight excluding hydrogens is 574 g/mol. The summed E-state index contributed by atoms with van der Waals surface area (Å²) in [5.74, 6) is 0.336. The standard InChI is InChI=1S/C27H22F6N4O3S/c1-39-21-10-9-17(12-22(21)40-2)24(38)34-14-23-35-36-25(37(23)20-8-4-7-19(13-20)27(31,32)33)41-15-16-5-3-6-18(11-16)26(28,29)30/h3-13H,14-15H2,1-2H3,(H,34,38). The van der Waals surface area contributed by atoms with Crippen LogP contribution < -0.4 is 14.8 Å². The van der Waals surface area contributed by atoms with Gasteiger partial charge in [0.2, 0.25) is 0 Å². The normalized spacial score (nSPS) is 11.8. The molecule has 4 rings (SSSR count). The number of benzene rings is 3. The first-order chi connectivity index (χ1) is 19.4. The number of carbonyl (C=O) groups is 1. The van der Waals surface area contributed by atoms with Crippen molar-refractivity contribution in [1.29, 1.82) is 0 Å². The van der Waals surface area contributed by atoms with E-state index in [-0.39, 0.29) is 34.5 Å². The van der Waals surface area contributed by atoms with Gasteiger partial charge in [0.25, 0.3) is 5.91 Å². The molecule has 0 saturated heterocycles. The monoisotopic (exact) mass is 596 g/mol. The van der Waals surface area contributed by atoms with Crippen LogP contribution in [0.5, 0.6) is 11.5 Å². The molecule has 0 bridgehead atoms. The lowest BCUT2D eigenvalue weighted by Crippen LogP contribution is -2.24. The van der Waals surface area contributed by atoms with Crippen molar-refractivity contribution < 1.29 is 40.6 Å². The largest absolute Gasteiger partial charge is 0.493 e. The van der Waals surface area contributed by atoms with Crippen molar-refractivity contribution in [2.75, 3.05) is 14.2 Å². The van der Waals surface area contributed by atoms with E-state index in [0.717, 1.165) is 36.0 Å². The Kier molecular flexibility index (Phi) is 8.80. The van der Waals surface area contributed by atoms with Gasteiger partial charge in [0.05, 0.1) is 37.6 Å². The molecule has 216 valence electrons. The fourth-order valence-corrected chi connectivity index (χ4v) is 4.73. The molecule has 0 aliphatic heterocycles. The molecule has 3 aromatic carbocycles. The van der Waals surface area contributed by atoms with E-state index in [4.69, 9.17) is 9.47 Å². The van der Waals surface area contributed by atoms with E-state index < -0.39 is 29.4 Å². The predicted molar refractivity (Wildman–Crippen MR) is 138 cm³/mol. The number of ether oxygens (including phenoxy) is 2. The van der Waals surface area contributed by atoms with Gasteiger partial charge in [-0.15, -0.1) is 10.2 Å². The minimum atomic E-state index is -4.63. The first-order valence-electron chi connectivity index (χ1n) is 11.8. The van der Waals surface area contributed by atoms with Crippen LogP contribution in [0.4, 0.5) is 26.3 Å². The number of methoxy groups -OCH3 is 2. The summed E-state index contributed by atoms with van der Waals surface area (Å²) in [5, 5.41) is 10.9. The van der Waals surface area contributed by atoms with Crippen LogP contribution in [-0.4, -0.2) is 34.9 Å². The number of carbonyl (C=O) groups excluding carboxylic acids is 1. The summed E-state index contributed by atoms with van der Waals surface area (Å²) < 4.78 is 91.5. The Morgan fingerprint density at radius 1 is 0.854 bits per heavy atom. The summed E-state index contributed by atoms with van der Waals surface area (Å²) in [6.07, 6.45) is -9.16. The van der Waals surface area contributed by atoms with Crippen molar-refractivity contribution in [1.82, 2.24) is 20.1 Å². The lowest BCUT2D eigenvalue weighted by molar-refractivity contribution is -0.138. The molecule has 1 amide bonds. The second-order valence-corrected chi connectivity index (χ2v) is 9.46. The maximum absolute atomic E-state index is 13.5. The summed E-state index contributed by atoms with van der Waals surface area (Å²) >= 11 is 0.986. The van der Waals surface area contributed by atoms with Gasteiger partial charge in [-0.05, 0) is 48.0 Å². The first-order valence-corrected chi connectivity index (χ1v) is 12.8. The number of aromatic nitrogens is 3. The summed E-state index contributed by atoms with van der Waals surface area (Å²) in [6, 6.07) is 13.6. The topological polar surface area (TPSA) is 78.3 Å². The Morgan fingerprint density at radius 2 is 1.51 bits per heavy atom. The average Bonchev–Trinajstić information content (AvgIpc) is 3.36. The smallest absolute Gasteiger partial charge is 0.416 e. The average molecular weight is 597 g/mol. The second-order valence-electron chi connectivity index (χ2n) is 8.52. The van der Waals surface area contributed by atoms with E-state index in [9.17, 15) is 31.1 Å². The Morgan fingerprint density at radius 3 is 2.17 bits per heavy atom. The van der Waals surface area contributed by atoms with Crippen LogP contribution in [0.2, 0.25) is 0 Å². The molecule has 7 nitrogen and oxygen atoms in total. The Bertz CT molecular complexity index is 1540. The fraction of sp³-hybridized carbons (Fsp3) is 0.222. The van der Waals surface area contributed by atoms with Gasteiger partial charge < -0.3 is 14.8 Å². The molecule has 0 radical (unpaired) electrons. The van der Waals surface area contributed by atoms with Gasteiger partial charge >= 0.3 is 12.4 Å². The Balaban J connectivity index is 1.63. The number of nitrogens with one attached hydrogen (secondary N) is 1. The van der Waals surface area contributed by atoms with Crippen LogP contribution in [0.3, 0.4) is 0 Å². The highest BCUT2D eigenvalue weighted by molar-refractivity contribution is 7.98. The highest BCUT2D eigenvalue weighted by atomic mass is 32.2. The summed E-state index contributed by atoms with van der Waals surface area (Å²) in [7, 11) is 2.86. The number of rotatable bonds is 9. The molecule has 0 fully saturated rings. The molecule has 14 heteroatoms. The maximum Gasteiger partial charge on any atom is 0.416 e. The molecule has 1 N–H and O–H groups in total. The fourth-order valence-electron chi connectivity index (χ4n) is 3.81. The highest BCUT2D eigenvalue weighted by Gasteiger charge is 2.32. The van der Waals surface area contributed by atoms with E-state index in [1.54, 1.807) is 6.07 Å². The van der Waals surface area contributed by atoms with Crippen molar-refractivity contribution in [3.63, 3.8) is 0 Å². The van der Waals surface area contributed by atoms with Crippen LogP contribution >= 0.6 is 11.8 Å². The number of hydrogen-bond donors (Lipinski definition) is 1. The van der Waals surface area contributed by atoms with E-state index in [1.165, 1.54) is 55.2 Å². The van der Waals surface area contributed by atoms with Gasteiger partial charge in [-0.1, -0.05) is 36.0 Å². The van der Waals surface area contributed by atoms with Gasteiger partial charge in [0.15, 0.2) is 22.5 Å². The maximum atomic E-state index is 13.5. The van der Waals surface area contributed by atoms with Crippen molar-refractivity contribution in [2.24, 2.45) is 0 Å². The minimum Gasteiger partial charge on any atom is -0.493 e. The van der Waals surface area contributed by atoms with E-state index in [1.807, 2.05) is 0 Å². The van der Waals surface area contributed by atoms with Crippen molar-refractivity contribution >= 4 is 17.7 Å². The second kappa shape index (κ2) is 12.1. The molecule has 4 aromatic rings. The molecule has 0 unspecified atom stereocenters. The molecule has 0 saturated carbocycles. The zero-order valence-corrected chi connectivity index (χ0v) is 22.3. The summed E-state index contributed by atoms with van der Waals surface area (Å²) in [5.41, 5.74) is -1.13. The zero-order valence-electron chi connectivity index (χ0n) is 21.5. The number of halogens is 6. The van der Waals surface area contributed by atoms with Crippen molar-refractivity contribution in [3.05, 3.63) is 94.8 Å². The number of alkyl halides is 6. The molecule has 1 aromatic heterocycles. The lowest BCUT2D eigenvalue weighted by atomic mass is 10.1. The summed E-state index contributed by atoms with van der Waals surface area (Å²) in [4.78, 5) is 12.8. The van der Waals surface area contributed by atoms with Gasteiger partial charge in [0.1, 0.15) is 0 Å². The van der Waals surface area contributed by atoms with Crippen LogP contribution in [0.25, 0.3) is 5.69 Å². The molecule has 1 heterocycles. The number of thioether (sulfide) groups is 1. The van der Waals surface area contributed by atoms with Gasteiger partial charge in [-0.2, -0.15) is 26.3 Å². The zero-order chi connectivity index (χ0) is 29.8. The van der Waals surface area contributed by atoms with Crippen LogP contribution in [0.15, 0.2) is 71.9 Å². The van der Waals surface area contributed by atoms with Gasteiger partial charge in [-0.3, -0.25) is 9.36 Å². The third-order valence-electron chi connectivity index (χ3n) is 5.81. The summed E-state index contributed by atoms with van der Waals surface area (Å²) in [6.45, 7) is -0.222. The number of amides is 1. The number of hydrogen-bond acceptors (Lipinski definition) is 6. The SMILES string of the molecule is COc1ccc(C(=O)NCc2nnc(SCc3cccc(C(F)(F)F)c3)n2-c2cccc(C(F)(F)F)c2)cc1OC. The molecule has 0 aliphatic rings. The quantitative estimate of drug-likeness (QED) is 0.175. The van der Waals surface area contributed by atoms with Gasteiger partial charge in [0, 0.05) is 11.3 Å². The first kappa shape index (κ1) is 29.8. The van der Waals surface area contributed by atoms with E-state index in [0.29, 0.717) is 17.1 Å².